The van der Waals surface area contributed by atoms with E-state index in [4.69, 9.17) is 4.52 Å². The predicted molar refractivity (Wildman–Crippen MR) is 88.5 cm³/mol. The number of carbonyl (C=O) groups excluding carboxylic acids is 1. The molecule has 0 amide bonds. The van der Waals surface area contributed by atoms with Crippen molar-refractivity contribution in [2.24, 2.45) is 4.99 Å². The van der Waals surface area contributed by atoms with Crippen LogP contribution in [0.4, 0.5) is 0 Å². The normalized spacial score (nSPS) is 21.1. The van der Waals surface area contributed by atoms with Gasteiger partial charge < -0.3 is 9.32 Å². The summed E-state index contributed by atoms with van der Waals surface area (Å²) >= 11 is 0. The first kappa shape index (κ1) is 15.3. The van der Waals surface area contributed by atoms with E-state index in [1.54, 1.807) is 6.21 Å². The Balaban J connectivity index is 2.01. The molecule has 0 saturated heterocycles. The molecule has 0 bridgehead atoms. The fourth-order valence-electron chi connectivity index (χ4n) is 2.67. The zero-order valence-electron chi connectivity index (χ0n) is 13.5. The molecule has 5 heteroatoms. The van der Waals surface area contributed by atoms with Crippen LogP contribution in [0.1, 0.15) is 37.7 Å². The second kappa shape index (κ2) is 5.57. The SMILES string of the molecule is CC(C)(C)c1ccc(C2(C=O)C=C(c3ncon3)C=NC2)cc1. The average Bonchev–Trinajstić information content (AvgIpc) is 3.09. The quantitative estimate of drug-likeness (QED) is 0.817. The van der Waals surface area contributed by atoms with E-state index in [2.05, 4.69) is 48.0 Å². The topological polar surface area (TPSA) is 68.3 Å². The summed E-state index contributed by atoms with van der Waals surface area (Å²) in [5, 5.41) is 3.82. The van der Waals surface area contributed by atoms with Crippen LogP contribution in [0.15, 0.2) is 46.3 Å². The van der Waals surface area contributed by atoms with Gasteiger partial charge in [0.2, 0.25) is 12.2 Å². The van der Waals surface area contributed by atoms with E-state index in [-0.39, 0.29) is 5.41 Å². The number of hydrogen-bond donors (Lipinski definition) is 0. The standard InChI is InChI=1S/C18H19N3O2/c1-17(2,3)14-4-6-15(7-5-14)18(11-22)8-13(9-19-10-18)16-20-12-23-21-16/h4-9,11-12H,10H2,1-3H3. The highest BCUT2D eigenvalue weighted by molar-refractivity contribution is 6.10. The molecule has 1 unspecified atom stereocenters. The van der Waals surface area contributed by atoms with E-state index in [1.807, 2.05) is 18.2 Å². The van der Waals surface area contributed by atoms with Crippen molar-refractivity contribution in [1.29, 1.82) is 0 Å². The summed E-state index contributed by atoms with van der Waals surface area (Å²) < 4.78 is 4.78. The predicted octanol–water partition coefficient (Wildman–Crippen LogP) is 2.97. The summed E-state index contributed by atoms with van der Waals surface area (Å²) in [6, 6.07) is 8.14. The van der Waals surface area contributed by atoms with E-state index in [9.17, 15) is 4.79 Å². The summed E-state index contributed by atoms with van der Waals surface area (Å²) in [5.74, 6) is 0.436. The van der Waals surface area contributed by atoms with Gasteiger partial charge in [-0.15, -0.1) is 0 Å². The van der Waals surface area contributed by atoms with Crippen molar-refractivity contribution in [2.75, 3.05) is 6.54 Å². The number of carbonyl (C=O) groups is 1. The molecule has 5 nitrogen and oxygen atoms in total. The van der Waals surface area contributed by atoms with E-state index in [1.165, 1.54) is 12.0 Å². The van der Waals surface area contributed by atoms with Crippen LogP contribution in [0.3, 0.4) is 0 Å². The number of hydrogen-bond acceptors (Lipinski definition) is 5. The van der Waals surface area contributed by atoms with Crippen LogP contribution in [0.25, 0.3) is 5.57 Å². The number of aliphatic imine (C=N–C) groups is 1. The Morgan fingerprint density at radius 2 is 1.96 bits per heavy atom. The van der Waals surface area contributed by atoms with Crippen molar-refractivity contribution in [1.82, 2.24) is 10.1 Å². The van der Waals surface area contributed by atoms with E-state index in [0.29, 0.717) is 17.9 Å². The number of rotatable bonds is 3. The van der Waals surface area contributed by atoms with Gasteiger partial charge in [-0.25, -0.2) is 0 Å². The molecule has 0 spiro atoms. The maximum absolute atomic E-state index is 11.9. The van der Waals surface area contributed by atoms with Crippen molar-refractivity contribution in [3.05, 3.63) is 53.7 Å². The summed E-state index contributed by atoms with van der Waals surface area (Å²) in [6.07, 6.45) is 5.75. The minimum atomic E-state index is -0.791. The highest BCUT2D eigenvalue weighted by Gasteiger charge is 2.33. The van der Waals surface area contributed by atoms with Gasteiger partial charge >= 0.3 is 0 Å². The minimum absolute atomic E-state index is 0.0726. The highest BCUT2D eigenvalue weighted by atomic mass is 16.5. The van der Waals surface area contributed by atoms with E-state index in [0.717, 1.165) is 11.8 Å². The Morgan fingerprint density at radius 3 is 2.52 bits per heavy atom. The van der Waals surface area contributed by atoms with E-state index >= 15 is 0 Å². The van der Waals surface area contributed by atoms with Gasteiger partial charge in [-0.1, -0.05) is 56.3 Å². The van der Waals surface area contributed by atoms with Gasteiger partial charge in [0.25, 0.3) is 0 Å². The van der Waals surface area contributed by atoms with Crippen LogP contribution < -0.4 is 0 Å². The van der Waals surface area contributed by atoms with Gasteiger partial charge in [0, 0.05) is 11.8 Å². The lowest BCUT2D eigenvalue weighted by atomic mass is 9.77. The second-order valence-electron chi connectivity index (χ2n) is 6.81. The third-order valence-electron chi connectivity index (χ3n) is 4.11. The Labute approximate surface area is 135 Å². The largest absolute Gasteiger partial charge is 0.342 e. The maximum atomic E-state index is 11.9. The smallest absolute Gasteiger partial charge is 0.214 e. The summed E-state index contributed by atoms with van der Waals surface area (Å²) in [7, 11) is 0. The monoisotopic (exact) mass is 309 g/mol. The lowest BCUT2D eigenvalue weighted by molar-refractivity contribution is -0.110. The Hall–Kier alpha value is -2.56. The molecule has 23 heavy (non-hydrogen) atoms. The summed E-state index contributed by atoms with van der Waals surface area (Å²) in [4.78, 5) is 20.3. The van der Waals surface area contributed by atoms with Crippen LogP contribution in [0, 0.1) is 0 Å². The molecule has 1 aromatic heterocycles. The van der Waals surface area contributed by atoms with Crippen LogP contribution in [-0.4, -0.2) is 29.2 Å². The van der Waals surface area contributed by atoms with Crippen LogP contribution >= 0.6 is 0 Å². The number of aromatic nitrogens is 2. The fraction of sp³-hybridized carbons (Fsp3) is 0.333. The third-order valence-corrected chi connectivity index (χ3v) is 4.11. The molecular weight excluding hydrogens is 290 g/mol. The van der Waals surface area contributed by atoms with Crippen molar-refractivity contribution in [3.63, 3.8) is 0 Å². The molecule has 0 aliphatic carbocycles. The highest BCUT2D eigenvalue weighted by Crippen LogP contribution is 2.32. The molecule has 1 aliphatic rings. The number of allylic oxidation sites excluding steroid dienone is 1. The molecule has 2 aromatic rings. The maximum Gasteiger partial charge on any atom is 0.214 e. The van der Waals surface area contributed by atoms with Gasteiger partial charge in [-0.3, -0.25) is 4.99 Å². The van der Waals surface area contributed by atoms with Gasteiger partial charge in [-0.2, -0.15) is 4.98 Å². The Kier molecular flexibility index (Phi) is 3.72. The van der Waals surface area contributed by atoms with Gasteiger partial charge in [0.1, 0.15) is 6.29 Å². The van der Waals surface area contributed by atoms with Crippen LogP contribution in [0.5, 0.6) is 0 Å². The lowest BCUT2D eigenvalue weighted by Crippen LogP contribution is -2.32. The molecule has 0 N–H and O–H groups in total. The molecule has 3 rings (SSSR count). The zero-order valence-corrected chi connectivity index (χ0v) is 13.5. The fourth-order valence-corrected chi connectivity index (χ4v) is 2.67. The average molecular weight is 309 g/mol. The van der Waals surface area contributed by atoms with Crippen molar-refractivity contribution in [3.8, 4) is 0 Å². The number of nitrogens with zero attached hydrogens (tertiary/aromatic N) is 3. The number of dihydropyridines is 1. The third kappa shape index (κ3) is 2.86. The van der Waals surface area contributed by atoms with E-state index < -0.39 is 5.41 Å². The molecule has 1 aliphatic heterocycles. The van der Waals surface area contributed by atoms with Crippen LogP contribution in [-0.2, 0) is 15.6 Å². The molecule has 0 saturated carbocycles. The van der Waals surface area contributed by atoms with Crippen molar-refractivity contribution in [2.45, 2.75) is 31.6 Å². The minimum Gasteiger partial charge on any atom is -0.342 e. The molecule has 0 radical (unpaired) electrons. The van der Waals surface area contributed by atoms with Gasteiger partial charge in [0.05, 0.1) is 12.0 Å². The Morgan fingerprint density at radius 1 is 1.22 bits per heavy atom. The van der Waals surface area contributed by atoms with Crippen molar-refractivity contribution >= 4 is 18.1 Å². The van der Waals surface area contributed by atoms with Crippen molar-refractivity contribution < 1.29 is 9.32 Å². The molecule has 1 aromatic carbocycles. The number of benzene rings is 1. The zero-order chi connectivity index (χ0) is 16.5. The molecule has 118 valence electrons. The molecular formula is C18H19N3O2. The molecule has 1 atom stereocenters. The lowest BCUT2D eigenvalue weighted by Gasteiger charge is -2.27. The van der Waals surface area contributed by atoms with Gasteiger partial charge in [-0.05, 0) is 16.5 Å². The molecule has 2 heterocycles. The Bertz CT molecular complexity index is 753. The second-order valence-corrected chi connectivity index (χ2v) is 6.81. The summed E-state index contributed by atoms with van der Waals surface area (Å²) in [6.45, 7) is 6.87. The first-order valence-electron chi connectivity index (χ1n) is 7.51. The first-order chi connectivity index (χ1) is 10.9. The molecule has 0 fully saturated rings. The van der Waals surface area contributed by atoms with Gasteiger partial charge in [0.15, 0.2) is 0 Å². The van der Waals surface area contributed by atoms with Crippen LogP contribution in [0.2, 0.25) is 0 Å². The first-order valence-corrected chi connectivity index (χ1v) is 7.51. The summed E-state index contributed by atoms with van der Waals surface area (Å²) in [5.41, 5.74) is 2.11. The number of aldehydes is 1.